The lowest BCUT2D eigenvalue weighted by molar-refractivity contribution is 0.255. The minimum absolute atomic E-state index is 0.535. The molecule has 0 atom stereocenters. The Kier molecular flexibility index (Phi) is 9.41. The molecule has 0 bridgehead atoms. The van der Waals surface area contributed by atoms with Gasteiger partial charge in [-0.1, -0.05) is 27.4 Å². The summed E-state index contributed by atoms with van der Waals surface area (Å²) >= 11 is 0. The predicted octanol–water partition coefficient (Wildman–Crippen LogP) is 1.81. The van der Waals surface area contributed by atoms with Crippen LogP contribution >= 0.6 is 0 Å². The molecule has 0 heterocycles. The standard InChI is InChI=1S/C14H31N3/c1-7-8-17(10-9-16(5)6)12-14(4)11-15-13(2)3/h13,15H,4,7-12H2,1-3,5-6H3. The summed E-state index contributed by atoms with van der Waals surface area (Å²) in [6.07, 6.45) is 1.21. The first-order valence-corrected chi connectivity index (χ1v) is 6.72. The van der Waals surface area contributed by atoms with Gasteiger partial charge in [0.1, 0.15) is 0 Å². The molecule has 0 aliphatic heterocycles. The first kappa shape index (κ1) is 16.6. The van der Waals surface area contributed by atoms with Gasteiger partial charge in [0.2, 0.25) is 0 Å². The minimum atomic E-state index is 0.535. The second-order valence-corrected chi connectivity index (χ2v) is 5.37. The van der Waals surface area contributed by atoms with Gasteiger partial charge in [0, 0.05) is 32.2 Å². The Hall–Kier alpha value is -0.380. The number of likely N-dealkylation sites (N-methyl/N-ethyl adjacent to an activating group) is 1. The third-order valence-electron chi connectivity index (χ3n) is 2.61. The number of hydrogen-bond donors (Lipinski definition) is 1. The van der Waals surface area contributed by atoms with E-state index in [1.54, 1.807) is 0 Å². The number of nitrogens with zero attached hydrogens (tertiary/aromatic N) is 2. The fourth-order valence-corrected chi connectivity index (χ4v) is 1.65. The van der Waals surface area contributed by atoms with Crippen molar-refractivity contribution in [2.24, 2.45) is 0 Å². The minimum Gasteiger partial charge on any atom is -0.311 e. The van der Waals surface area contributed by atoms with E-state index in [4.69, 9.17) is 0 Å². The van der Waals surface area contributed by atoms with Crippen molar-refractivity contribution in [2.45, 2.75) is 33.2 Å². The van der Waals surface area contributed by atoms with Gasteiger partial charge in [-0.3, -0.25) is 4.90 Å². The maximum absolute atomic E-state index is 4.16. The molecule has 0 fully saturated rings. The van der Waals surface area contributed by atoms with Gasteiger partial charge in [0.25, 0.3) is 0 Å². The summed E-state index contributed by atoms with van der Waals surface area (Å²) in [4.78, 5) is 4.72. The maximum atomic E-state index is 4.16. The smallest absolute Gasteiger partial charge is 0.0203 e. The molecule has 0 rings (SSSR count). The summed E-state index contributed by atoms with van der Waals surface area (Å²) in [5.41, 5.74) is 1.28. The molecule has 1 N–H and O–H groups in total. The van der Waals surface area contributed by atoms with Crippen LogP contribution in [0.1, 0.15) is 27.2 Å². The van der Waals surface area contributed by atoms with Crippen LogP contribution in [0.15, 0.2) is 12.2 Å². The second-order valence-electron chi connectivity index (χ2n) is 5.37. The first-order valence-electron chi connectivity index (χ1n) is 6.72. The summed E-state index contributed by atoms with van der Waals surface area (Å²) in [5, 5.41) is 3.42. The number of nitrogens with one attached hydrogen (secondary N) is 1. The van der Waals surface area contributed by atoms with E-state index in [0.717, 1.165) is 32.7 Å². The van der Waals surface area contributed by atoms with Crippen molar-refractivity contribution in [3.63, 3.8) is 0 Å². The average molecular weight is 241 g/mol. The third kappa shape index (κ3) is 10.5. The molecule has 0 amide bonds. The molecule has 0 aliphatic rings. The van der Waals surface area contributed by atoms with E-state index >= 15 is 0 Å². The van der Waals surface area contributed by atoms with Gasteiger partial charge in [0.05, 0.1) is 0 Å². The van der Waals surface area contributed by atoms with Crippen LogP contribution in [0.5, 0.6) is 0 Å². The molecule has 0 unspecified atom stereocenters. The second kappa shape index (κ2) is 9.63. The maximum Gasteiger partial charge on any atom is 0.0203 e. The molecule has 0 saturated heterocycles. The van der Waals surface area contributed by atoms with Gasteiger partial charge in [-0.05, 0) is 32.6 Å². The number of rotatable bonds is 10. The van der Waals surface area contributed by atoms with E-state index < -0.39 is 0 Å². The van der Waals surface area contributed by atoms with Crippen LogP contribution < -0.4 is 5.32 Å². The molecule has 3 heteroatoms. The predicted molar refractivity (Wildman–Crippen MR) is 77.6 cm³/mol. The molecule has 102 valence electrons. The zero-order chi connectivity index (χ0) is 13.3. The molecular weight excluding hydrogens is 210 g/mol. The van der Waals surface area contributed by atoms with Crippen LogP contribution in [0.25, 0.3) is 0 Å². The molecule has 0 aliphatic carbocycles. The van der Waals surface area contributed by atoms with Crippen LogP contribution in [0.2, 0.25) is 0 Å². The van der Waals surface area contributed by atoms with Crippen molar-refractivity contribution < 1.29 is 0 Å². The molecule has 0 radical (unpaired) electrons. The van der Waals surface area contributed by atoms with Gasteiger partial charge >= 0.3 is 0 Å². The summed E-state index contributed by atoms with van der Waals surface area (Å²) < 4.78 is 0. The molecule has 17 heavy (non-hydrogen) atoms. The normalized spacial score (nSPS) is 11.8. The Morgan fingerprint density at radius 1 is 1.18 bits per heavy atom. The largest absolute Gasteiger partial charge is 0.311 e. The highest BCUT2D eigenvalue weighted by molar-refractivity contribution is 5.00. The molecule has 0 spiro atoms. The molecule has 3 nitrogen and oxygen atoms in total. The van der Waals surface area contributed by atoms with E-state index in [1.165, 1.54) is 12.0 Å². The Bertz CT molecular complexity index is 200. The fraction of sp³-hybridized carbons (Fsp3) is 0.857. The van der Waals surface area contributed by atoms with E-state index in [9.17, 15) is 0 Å². The monoisotopic (exact) mass is 241 g/mol. The highest BCUT2D eigenvalue weighted by Gasteiger charge is 2.06. The van der Waals surface area contributed by atoms with Crippen LogP contribution in [-0.2, 0) is 0 Å². The van der Waals surface area contributed by atoms with Gasteiger partial charge in [-0.25, -0.2) is 0 Å². The molecule has 0 saturated carbocycles. The first-order chi connectivity index (χ1) is 7.95. The van der Waals surface area contributed by atoms with Crippen LogP contribution in [-0.4, -0.2) is 62.7 Å². The summed E-state index contributed by atoms with van der Waals surface area (Å²) in [6.45, 7) is 16.1. The van der Waals surface area contributed by atoms with Crippen molar-refractivity contribution in [3.05, 3.63) is 12.2 Å². The van der Waals surface area contributed by atoms with E-state index in [2.05, 4.69) is 56.6 Å². The Labute approximate surface area is 108 Å². The number of hydrogen-bond acceptors (Lipinski definition) is 3. The lowest BCUT2D eigenvalue weighted by Crippen LogP contribution is -2.36. The van der Waals surface area contributed by atoms with Crippen molar-refractivity contribution in [1.82, 2.24) is 15.1 Å². The SMILES string of the molecule is C=C(CNC(C)C)CN(CCC)CCN(C)C. The molecular formula is C14H31N3. The lowest BCUT2D eigenvalue weighted by Gasteiger charge is -2.25. The van der Waals surface area contributed by atoms with Gasteiger partial charge in [0.15, 0.2) is 0 Å². The lowest BCUT2D eigenvalue weighted by atomic mass is 10.2. The average Bonchev–Trinajstić information content (AvgIpc) is 2.23. The Morgan fingerprint density at radius 2 is 1.82 bits per heavy atom. The topological polar surface area (TPSA) is 18.5 Å². The molecule has 0 aromatic rings. The van der Waals surface area contributed by atoms with Gasteiger partial charge < -0.3 is 10.2 Å². The fourth-order valence-electron chi connectivity index (χ4n) is 1.65. The van der Waals surface area contributed by atoms with Gasteiger partial charge in [-0.2, -0.15) is 0 Å². The third-order valence-corrected chi connectivity index (χ3v) is 2.61. The summed E-state index contributed by atoms with van der Waals surface area (Å²) in [6, 6.07) is 0.535. The zero-order valence-electron chi connectivity index (χ0n) is 12.4. The Balaban J connectivity index is 3.92. The van der Waals surface area contributed by atoms with Crippen molar-refractivity contribution in [2.75, 3.05) is 46.8 Å². The van der Waals surface area contributed by atoms with Crippen molar-refractivity contribution in [1.29, 1.82) is 0 Å². The molecule has 0 aromatic carbocycles. The van der Waals surface area contributed by atoms with Crippen molar-refractivity contribution >= 4 is 0 Å². The zero-order valence-corrected chi connectivity index (χ0v) is 12.4. The van der Waals surface area contributed by atoms with E-state index in [-0.39, 0.29) is 0 Å². The van der Waals surface area contributed by atoms with Crippen LogP contribution in [0.4, 0.5) is 0 Å². The highest BCUT2D eigenvalue weighted by atomic mass is 15.2. The highest BCUT2D eigenvalue weighted by Crippen LogP contribution is 1.99. The van der Waals surface area contributed by atoms with Crippen LogP contribution in [0, 0.1) is 0 Å². The van der Waals surface area contributed by atoms with E-state index in [0.29, 0.717) is 6.04 Å². The van der Waals surface area contributed by atoms with Crippen molar-refractivity contribution in [3.8, 4) is 0 Å². The Morgan fingerprint density at radius 3 is 2.29 bits per heavy atom. The summed E-state index contributed by atoms with van der Waals surface area (Å²) in [7, 11) is 4.25. The summed E-state index contributed by atoms with van der Waals surface area (Å²) in [5.74, 6) is 0. The molecule has 0 aromatic heterocycles. The van der Waals surface area contributed by atoms with E-state index in [1.807, 2.05) is 0 Å². The van der Waals surface area contributed by atoms with Crippen LogP contribution in [0.3, 0.4) is 0 Å². The van der Waals surface area contributed by atoms with Gasteiger partial charge in [-0.15, -0.1) is 0 Å². The quantitative estimate of drug-likeness (QED) is 0.589.